The number of aromatic nitrogens is 1. The van der Waals surface area contributed by atoms with Crippen molar-refractivity contribution in [3.63, 3.8) is 0 Å². The summed E-state index contributed by atoms with van der Waals surface area (Å²) in [5.74, 6) is 0. The molecule has 0 aliphatic carbocycles. The molecule has 276 valence electrons. The lowest BCUT2D eigenvalue weighted by atomic mass is 10.00. The van der Waals surface area contributed by atoms with E-state index in [0.717, 1.165) is 55.8 Å². The second-order valence-corrected chi connectivity index (χ2v) is 15.4. The van der Waals surface area contributed by atoms with E-state index in [-0.39, 0.29) is 0 Å². The number of hydrogen-bond donors (Lipinski definition) is 0. The van der Waals surface area contributed by atoms with Crippen LogP contribution in [0.5, 0.6) is 0 Å². The summed E-state index contributed by atoms with van der Waals surface area (Å²) in [6.45, 7) is 0. The molecule has 12 rings (SSSR count). The summed E-state index contributed by atoms with van der Waals surface area (Å²) in [6.07, 6.45) is 0. The van der Waals surface area contributed by atoms with E-state index in [4.69, 9.17) is 4.42 Å². The molecule has 2 aromatic heterocycles. The maximum Gasteiger partial charge on any atom is 0.143 e. The maximum atomic E-state index is 6.73. The molecular weight excluding hydrogens is 717 g/mol. The van der Waals surface area contributed by atoms with Gasteiger partial charge >= 0.3 is 0 Å². The van der Waals surface area contributed by atoms with Gasteiger partial charge in [0.1, 0.15) is 11.2 Å². The summed E-state index contributed by atoms with van der Waals surface area (Å²) >= 11 is 0. The minimum absolute atomic E-state index is 0.882. The SMILES string of the molecule is c1ccc(-c2ccc(N(c3ccc(-c4cc(-n5c6ccccc6c6cc7ccccc7cc65)cc5c4oc4ccccc45)cc3)c3ccc4ccccc4c3)cc2)cc1. The highest BCUT2D eigenvalue weighted by Gasteiger charge is 2.20. The van der Waals surface area contributed by atoms with Crippen molar-refractivity contribution >= 4 is 82.4 Å². The minimum atomic E-state index is 0.882. The van der Waals surface area contributed by atoms with Crippen molar-refractivity contribution in [1.82, 2.24) is 4.57 Å². The second-order valence-electron chi connectivity index (χ2n) is 15.4. The second kappa shape index (κ2) is 13.4. The standard InChI is InChI=1S/C56H36N2O/c1-2-12-37(13-3-1)39-22-27-44(28-23-39)57(46-31-24-38-14-4-5-15-41(38)32-46)45-29-25-40(26-30-45)50-35-47(36-52-49-19-9-11-21-55(49)59-56(50)52)58-53-20-10-8-18-48(53)51-33-42-16-6-7-17-43(42)34-54(51)58/h1-36H. The number of furan rings is 1. The summed E-state index contributed by atoms with van der Waals surface area (Å²) in [5, 5.41) is 9.57. The Hall–Kier alpha value is -7.88. The molecular formula is C56H36N2O. The van der Waals surface area contributed by atoms with Crippen molar-refractivity contribution in [1.29, 1.82) is 0 Å². The van der Waals surface area contributed by atoms with Gasteiger partial charge in [-0.2, -0.15) is 0 Å². The number of hydrogen-bond acceptors (Lipinski definition) is 2. The summed E-state index contributed by atoms with van der Waals surface area (Å²) in [5.41, 5.74) is 13.0. The summed E-state index contributed by atoms with van der Waals surface area (Å²) in [7, 11) is 0. The van der Waals surface area contributed by atoms with E-state index in [1.807, 2.05) is 6.07 Å². The predicted molar refractivity (Wildman–Crippen MR) is 249 cm³/mol. The smallest absolute Gasteiger partial charge is 0.143 e. The molecule has 0 saturated heterocycles. The molecule has 3 nitrogen and oxygen atoms in total. The summed E-state index contributed by atoms with van der Waals surface area (Å²) in [6, 6.07) is 78.7. The molecule has 0 amide bonds. The van der Waals surface area contributed by atoms with Crippen LogP contribution in [0.2, 0.25) is 0 Å². The third-order valence-corrected chi connectivity index (χ3v) is 11.9. The highest BCUT2D eigenvalue weighted by molar-refractivity contribution is 6.15. The van der Waals surface area contributed by atoms with Gasteiger partial charge in [0.2, 0.25) is 0 Å². The topological polar surface area (TPSA) is 21.3 Å². The van der Waals surface area contributed by atoms with Crippen LogP contribution in [0.25, 0.3) is 93.2 Å². The first-order valence-electron chi connectivity index (χ1n) is 20.2. The molecule has 0 aliphatic heterocycles. The first-order chi connectivity index (χ1) is 29.2. The van der Waals surface area contributed by atoms with Gasteiger partial charge < -0.3 is 13.9 Å². The van der Waals surface area contributed by atoms with E-state index < -0.39 is 0 Å². The number of rotatable bonds is 6. The van der Waals surface area contributed by atoms with Gasteiger partial charge in [0.05, 0.1) is 11.0 Å². The highest BCUT2D eigenvalue weighted by Crippen LogP contribution is 2.43. The summed E-state index contributed by atoms with van der Waals surface area (Å²) in [4.78, 5) is 2.35. The molecule has 2 heterocycles. The van der Waals surface area contributed by atoms with Gasteiger partial charge in [0.25, 0.3) is 0 Å². The van der Waals surface area contributed by atoms with Gasteiger partial charge in [-0.3, -0.25) is 0 Å². The first kappa shape index (κ1) is 33.3. The number of nitrogens with zero attached hydrogens (tertiary/aromatic N) is 2. The molecule has 0 fully saturated rings. The molecule has 0 spiro atoms. The quantitative estimate of drug-likeness (QED) is 0.169. The van der Waals surface area contributed by atoms with Crippen molar-refractivity contribution in [3.8, 4) is 27.9 Å². The largest absolute Gasteiger partial charge is 0.455 e. The Kier molecular flexibility index (Phi) is 7.54. The van der Waals surface area contributed by atoms with Crippen molar-refractivity contribution < 1.29 is 4.42 Å². The number of benzene rings is 10. The molecule has 10 aromatic carbocycles. The van der Waals surface area contributed by atoms with Crippen molar-refractivity contribution in [2.75, 3.05) is 4.90 Å². The van der Waals surface area contributed by atoms with Crippen LogP contribution in [0.1, 0.15) is 0 Å². The van der Waals surface area contributed by atoms with Gasteiger partial charge in [-0.1, -0.05) is 146 Å². The fourth-order valence-electron chi connectivity index (χ4n) is 9.08. The van der Waals surface area contributed by atoms with E-state index >= 15 is 0 Å². The van der Waals surface area contributed by atoms with Gasteiger partial charge in [0, 0.05) is 49.9 Å². The fourth-order valence-corrected chi connectivity index (χ4v) is 9.08. The molecule has 3 heteroatoms. The number of para-hydroxylation sites is 2. The lowest BCUT2D eigenvalue weighted by Gasteiger charge is -2.26. The van der Waals surface area contributed by atoms with E-state index in [1.165, 1.54) is 54.5 Å². The summed E-state index contributed by atoms with van der Waals surface area (Å²) < 4.78 is 9.16. The Morgan fingerprint density at radius 1 is 0.339 bits per heavy atom. The molecule has 0 saturated carbocycles. The normalized spacial score (nSPS) is 11.7. The van der Waals surface area contributed by atoms with Crippen LogP contribution in [0.15, 0.2) is 223 Å². The Labute approximate surface area is 341 Å². The Morgan fingerprint density at radius 3 is 1.68 bits per heavy atom. The van der Waals surface area contributed by atoms with Crippen molar-refractivity contribution in [2.45, 2.75) is 0 Å². The van der Waals surface area contributed by atoms with Crippen molar-refractivity contribution in [2.24, 2.45) is 0 Å². The van der Waals surface area contributed by atoms with Crippen LogP contribution in [-0.2, 0) is 0 Å². The lowest BCUT2D eigenvalue weighted by Crippen LogP contribution is -2.09. The fraction of sp³-hybridized carbons (Fsp3) is 0. The lowest BCUT2D eigenvalue weighted by molar-refractivity contribution is 0.670. The average molecular weight is 753 g/mol. The Balaban J connectivity index is 1.04. The van der Waals surface area contributed by atoms with E-state index in [1.54, 1.807) is 0 Å². The zero-order chi connectivity index (χ0) is 38.9. The van der Waals surface area contributed by atoms with Crippen LogP contribution in [0.3, 0.4) is 0 Å². The zero-order valence-electron chi connectivity index (χ0n) is 32.1. The van der Waals surface area contributed by atoms with Crippen LogP contribution in [0, 0.1) is 0 Å². The molecule has 0 N–H and O–H groups in total. The Bertz CT molecular complexity index is 3540. The molecule has 59 heavy (non-hydrogen) atoms. The van der Waals surface area contributed by atoms with Crippen LogP contribution < -0.4 is 4.90 Å². The van der Waals surface area contributed by atoms with Crippen LogP contribution in [-0.4, -0.2) is 4.57 Å². The van der Waals surface area contributed by atoms with Crippen molar-refractivity contribution in [3.05, 3.63) is 218 Å². The molecule has 0 bridgehead atoms. The molecule has 0 unspecified atom stereocenters. The van der Waals surface area contributed by atoms with E-state index in [9.17, 15) is 0 Å². The number of fused-ring (bicyclic) bond motifs is 8. The number of anilines is 3. The highest BCUT2D eigenvalue weighted by atomic mass is 16.3. The van der Waals surface area contributed by atoms with Crippen LogP contribution >= 0.6 is 0 Å². The molecule has 0 atom stereocenters. The first-order valence-corrected chi connectivity index (χ1v) is 20.2. The molecule has 0 aliphatic rings. The third kappa shape index (κ3) is 5.51. The van der Waals surface area contributed by atoms with E-state index in [2.05, 4.69) is 222 Å². The maximum absolute atomic E-state index is 6.73. The van der Waals surface area contributed by atoms with Gasteiger partial charge in [-0.05, 0) is 111 Å². The monoisotopic (exact) mass is 752 g/mol. The van der Waals surface area contributed by atoms with Crippen LogP contribution in [0.4, 0.5) is 17.1 Å². The van der Waals surface area contributed by atoms with E-state index in [0.29, 0.717) is 0 Å². The minimum Gasteiger partial charge on any atom is -0.455 e. The van der Waals surface area contributed by atoms with Gasteiger partial charge in [-0.25, -0.2) is 0 Å². The predicted octanol–water partition coefficient (Wildman–Crippen LogP) is 15.8. The third-order valence-electron chi connectivity index (χ3n) is 11.9. The Morgan fingerprint density at radius 2 is 0.915 bits per heavy atom. The van der Waals surface area contributed by atoms with Gasteiger partial charge in [0.15, 0.2) is 0 Å². The molecule has 0 radical (unpaired) electrons. The average Bonchev–Trinajstić information content (AvgIpc) is 3.84. The molecule has 12 aromatic rings. The zero-order valence-corrected chi connectivity index (χ0v) is 32.1. The van der Waals surface area contributed by atoms with Gasteiger partial charge in [-0.15, -0.1) is 0 Å².